The van der Waals surface area contributed by atoms with Crippen molar-refractivity contribution < 1.29 is 4.79 Å². The normalized spacial score (nSPS) is 22.1. The number of carbonyl (C=O) groups is 1. The number of nitrogens with zero attached hydrogens (tertiary/aromatic N) is 3. The van der Waals surface area contributed by atoms with E-state index in [9.17, 15) is 4.79 Å². The molecule has 1 amide bonds. The average Bonchev–Trinajstić information content (AvgIpc) is 2.96. The molecule has 2 aliphatic heterocycles. The maximum absolute atomic E-state index is 12.9. The van der Waals surface area contributed by atoms with Gasteiger partial charge >= 0.3 is 0 Å². The van der Waals surface area contributed by atoms with Crippen molar-refractivity contribution in [3.63, 3.8) is 0 Å². The topological polar surface area (TPSA) is 47.3 Å². The zero-order valence-electron chi connectivity index (χ0n) is 15.8. The lowest BCUT2D eigenvalue weighted by Gasteiger charge is -2.43. The Morgan fingerprint density at radius 1 is 1.11 bits per heavy atom. The van der Waals surface area contributed by atoms with E-state index in [0.717, 1.165) is 44.5 Å². The second kappa shape index (κ2) is 7.17. The smallest absolute Gasteiger partial charge is 0.230 e. The third kappa shape index (κ3) is 3.36. The van der Waals surface area contributed by atoms with Gasteiger partial charge in [-0.3, -0.25) is 9.69 Å². The van der Waals surface area contributed by atoms with Crippen molar-refractivity contribution >= 4 is 5.91 Å². The molecule has 138 valence electrons. The molecule has 4 nitrogen and oxygen atoms in total. The molecule has 1 atom stereocenters. The Morgan fingerprint density at radius 2 is 1.85 bits per heavy atom. The largest absolute Gasteiger partial charge is 0.339 e. The molecule has 4 heteroatoms. The van der Waals surface area contributed by atoms with Crippen LogP contribution >= 0.6 is 0 Å². The van der Waals surface area contributed by atoms with Crippen molar-refractivity contribution in [1.82, 2.24) is 9.80 Å². The summed E-state index contributed by atoms with van der Waals surface area (Å²) in [7, 11) is 1.98. The molecular weight excluding hydrogens is 334 g/mol. The maximum atomic E-state index is 12.9. The van der Waals surface area contributed by atoms with E-state index in [1.807, 2.05) is 48.3 Å². The SMILES string of the molecule is CN1C(=O)C(c2ccccc2)CC12CCN(Cc1cccc(C#N)c1)CC2. The number of likely N-dealkylation sites (N-methyl/N-ethyl adjacent to an activating group) is 1. The van der Waals surface area contributed by atoms with Crippen molar-refractivity contribution in [2.24, 2.45) is 0 Å². The first-order chi connectivity index (χ1) is 13.1. The lowest BCUT2D eigenvalue weighted by atomic mass is 9.81. The lowest BCUT2D eigenvalue weighted by molar-refractivity contribution is -0.131. The number of rotatable bonds is 3. The summed E-state index contributed by atoms with van der Waals surface area (Å²) in [6.07, 6.45) is 2.94. The molecule has 0 aliphatic carbocycles. The molecule has 2 heterocycles. The molecular formula is C23H25N3O. The molecule has 2 aromatic rings. The van der Waals surface area contributed by atoms with Gasteiger partial charge in [0.25, 0.3) is 0 Å². The first-order valence-electron chi connectivity index (χ1n) is 9.65. The van der Waals surface area contributed by atoms with Crippen molar-refractivity contribution in [3.05, 3.63) is 71.3 Å². The van der Waals surface area contributed by atoms with Gasteiger partial charge in [0.2, 0.25) is 5.91 Å². The molecule has 27 heavy (non-hydrogen) atoms. The summed E-state index contributed by atoms with van der Waals surface area (Å²) in [5, 5.41) is 9.08. The highest BCUT2D eigenvalue weighted by atomic mass is 16.2. The Balaban J connectivity index is 1.43. The highest BCUT2D eigenvalue weighted by molar-refractivity contribution is 5.87. The van der Waals surface area contributed by atoms with Crippen LogP contribution in [0.15, 0.2) is 54.6 Å². The van der Waals surface area contributed by atoms with Crippen molar-refractivity contribution in [2.45, 2.75) is 37.3 Å². The summed E-state index contributed by atoms with van der Waals surface area (Å²) < 4.78 is 0. The van der Waals surface area contributed by atoms with Gasteiger partial charge < -0.3 is 4.90 Å². The Morgan fingerprint density at radius 3 is 2.56 bits per heavy atom. The van der Waals surface area contributed by atoms with Crippen LogP contribution in [0.3, 0.4) is 0 Å². The van der Waals surface area contributed by atoms with Gasteiger partial charge in [0.05, 0.1) is 17.6 Å². The molecule has 2 aromatic carbocycles. The molecule has 0 N–H and O–H groups in total. The van der Waals surface area contributed by atoms with Crippen molar-refractivity contribution in [2.75, 3.05) is 20.1 Å². The van der Waals surface area contributed by atoms with Crippen LogP contribution in [0.1, 0.15) is 41.9 Å². The fourth-order valence-corrected chi connectivity index (χ4v) is 4.68. The average molecular weight is 359 g/mol. The van der Waals surface area contributed by atoms with E-state index >= 15 is 0 Å². The standard InChI is InChI=1S/C23H25N3O/c1-25-22(27)21(20-8-3-2-4-9-20)15-23(25)10-12-26(13-11-23)17-19-7-5-6-18(14-19)16-24/h2-9,14,21H,10-13,15,17H2,1H3. The van der Waals surface area contributed by atoms with Gasteiger partial charge in [-0.2, -0.15) is 5.26 Å². The third-order valence-corrected chi connectivity index (χ3v) is 6.38. The highest BCUT2D eigenvalue weighted by Gasteiger charge is 2.50. The summed E-state index contributed by atoms with van der Waals surface area (Å²) in [6, 6.07) is 20.3. The van der Waals surface area contributed by atoms with Crippen LogP contribution in [0.5, 0.6) is 0 Å². The number of hydrogen-bond donors (Lipinski definition) is 0. The minimum atomic E-state index is -0.0113. The van der Waals surface area contributed by atoms with Crippen LogP contribution in [0.2, 0.25) is 0 Å². The molecule has 2 aliphatic rings. The number of benzene rings is 2. The van der Waals surface area contributed by atoms with Crippen molar-refractivity contribution in [3.8, 4) is 6.07 Å². The Bertz CT molecular complexity index is 863. The second-order valence-electron chi connectivity index (χ2n) is 7.88. The Labute approximate surface area is 161 Å². The number of amides is 1. The first-order valence-corrected chi connectivity index (χ1v) is 9.65. The number of carbonyl (C=O) groups excluding carboxylic acids is 1. The zero-order chi connectivity index (χ0) is 18.9. The summed E-state index contributed by atoms with van der Waals surface area (Å²) >= 11 is 0. The van der Waals surface area contributed by atoms with Crippen LogP contribution in [-0.2, 0) is 11.3 Å². The lowest BCUT2D eigenvalue weighted by Crippen LogP contribution is -2.51. The van der Waals surface area contributed by atoms with Crippen LogP contribution in [0.4, 0.5) is 0 Å². The summed E-state index contributed by atoms with van der Waals surface area (Å²) in [6.45, 7) is 2.83. The van der Waals surface area contributed by atoms with Crippen molar-refractivity contribution in [1.29, 1.82) is 5.26 Å². The summed E-state index contributed by atoms with van der Waals surface area (Å²) in [5.41, 5.74) is 3.03. The molecule has 1 spiro atoms. The van der Waals surface area contributed by atoms with E-state index < -0.39 is 0 Å². The number of piperidine rings is 1. The van der Waals surface area contributed by atoms with Crippen LogP contribution in [-0.4, -0.2) is 41.4 Å². The minimum Gasteiger partial charge on any atom is -0.339 e. The van der Waals surface area contributed by atoms with E-state index in [-0.39, 0.29) is 17.4 Å². The van der Waals surface area contributed by atoms with Crippen LogP contribution < -0.4 is 0 Å². The third-order valence-electron chi connectivity index (χ3n) is 6.38. The van der Waals surface area contributed by atoms with E-state index in [2.05, 4.69) is 29.2 Å². The van der Waals surface area contributed by atoms with Gasteiger partial charge in [0.15, 0.2) is 0 Å². The van der Waals surface area contributed by atoms with E-state index in [4.69, 9.17) is 5.26 Å². The highest BCUT2D eigenvalue weighted by Crippen LogP contribution is 2.44. The van der Waals surface area contributed by atoms with Gasteiger partial charge in [-0.25, -0.2) is 0 Å². The number of hydrogen-bond acceptors (Lipinski definition) is 3. The molecule has 0 bridgehead atoms. The molecule has 1 unspecified atom stereocenters. The van der Waals surface area contributed by atoms with Gasteiger partial charge in [0, 0.05) is 32.2 Å². The molecule has 2 fully saturated rings. The van der Waals surface area contributed by atoms with Gasteiger partial charge in [0.1, 0.15) is 0 Å². The fourth-order valence-electron chi connectivity index (χ4n) is 4.68. The van der Waals surface area contributed by atoms with E-state index in [0.29, 0.717) is 5.56 Å². The molecule has 0 saturated carbocycles. The monoisotopic (exact) mass is 359 g/mol. The quantitative estimate of drug-likeness (QED) is 0.842. The second-order valence-corrected chi connectivity index (χ2v) is 7.88. The van der Waals surface area contributed by atoms with Gasteiger partial charge in [-0.05, 0) is 42.5 Å². The minimum absolute atomic E-state index is 0.00457. The molecule has 4 rings (SSSR count). The predicted octanol–water partition coefficient (Wildman–Crippen LogP) is 3.54. The van der Waals surface area contributed by atoms with Gasteiger partial charge in [-0.1, -0.05) is 42.5 Å². The Hall–Kier alpha value is -2.64. The molecule has 2 saturated heterocycles. The maximum Gasteiger partial charge on any atom is 0.230 e. The predicted molar refractivity (Wildman–Crippen MR) is 105 cm³/mol. The van der Waals surface area contributed by atoms with Crippen LogP contribution in [0.25, 0.3) is 0 Å². The molecule has 0 radical (unpaired) electrons. The van der Waals surface area contributed by atoms with Gasteiger partial charge in [-0.15, -0.1) is 0 Å². The Kier molecular flexibility index (Phi) is 4.72. The number of likely N-dealkylation sites (tertiary alicyclic amines) is 2. The zero-order valence-corrected chi connectivity index (χ0v) is 15.8. The fraction of sp³-hybridized carbons (Fsp3) is 0.391. The molecule has 0 aromatic heterocycles. The van der Waals surface area contributed by atoms with E-state index in [1.54, 1.807) is 0 Å². The van der Waals surface area contributed by atoms with E-state index in [1.165, 1.54) is 5.56 Å². The number of nitriles is 1. The summed E-state index contributed by atoms with van der Waals surface area (Å²) in [4.78, 5) is 17.4. The van der Waals surface area contributed by atoms with Crippen LogP contribution in [0, 0.1) is 11.3 Å². The first kappa shape index (κ1) is 17.8. The summed E-state index contributed by atoms with van der Waals surface area (Å²) in [5.74, 6) is 0.256.